The van der Waals surface area contributed by atoms with E-state index in [2.05, 4.69) is 31.0 Å². The van der Waals surface area contributed by atoms with E-state index >= 15 is 0 Å². The van der Waals surface area contributed by atoms with Crippen molar-refractivity contribution in [2.75, 3.05) is 0 Å². The Kier molecular flexibility index (Phi) is 4.60. The van der Waals surface area contributed by atoms with Crippen LogP contribution in [0.25, 0.3) is 17.2 Å². The van der Waals surface area contributed by atoms with Crippen molar-refractivity contribution in [1.82, 2.24) is 28.7 Å². The van der Waals surface area contributed by atoms with E-state index in [1.165, 1.54) is 5.56 Å². The smallest absolute Gasteiger partial charge is 0.290 e. The van der Waals surface area contributed by atoms with Crippen LogP contribution in [0.3, 0.4) is 0 Å². The van der Waals surface area contributed by atoms with E-state index in [1.807, 2.05) is 60.9 Å². The SMILES string of the molecule is Cc1c(Cn2ccnc2-c2cnc3ccccn23)cnn1C.O=CO. The van der Waals surface area contributed by atoms with Gasteiger partial charge in [0.1, 0.15) is 11.3 Å². The number of hydrogen-bond donors (Lipinski definition) is 1. The Morgan fingerprint density at radius 2 is 2.00 bits per heavy atom. The second-order valence-corrected chi connectivity index (χ2v) is 5.44. The van der Waals surface area contributed by atoms with Crippen LogP contribution in [0, 0.1) is 6.92 Å². The van der Waals surface area contributed by atoms with Crippen LogP contribution in [0.4, 0.5) is 0 Å². The fourth-order valence-corrected chi connectivity index (χ4v) is 2.65. The van der Waals surface area contributed by atoms with Gasteiger partial charge in [-0.15, -0.1) is 0 Å². The molecule has 0 aliphatic carbocycles. The Bertz CT molecular complexity index is 998. The number of rotatable bonds is 3. The molecule has 0 aliphatic heterocycles. The number of pyridine rings is 1. The molecule has 0 radical (unpaired) electrons. The lowest BCUT2D eigenvalue weighted by molar-refractivity contribution is -0.122. The molecule has 0 unspecified atom stereocenters. The maximum absolute atomic E-state index is 8.36. The highest BCUT2D eigenvalue weighted by molar-refractivity contribution is 5.57. The van der Waals surface area contributed by atoms with Gasteiger partial charge in [0.05, 0.1) is 18.9 Å². The summed E-state index contributed by atoms with van der Waals surface area (Å²) in [5.41, 5.74) is 4.26. The van der Waals surface area contributed by atoms with Gasteiger partial charge < -0.3 is 9.67 Å². The summed E-state index contributed by atoms with van der Waals surface area (Å²) >= 11 is 0. The maximum atomic E-state index is 8.36. The largest absolute Gasteiger partial charge is 0.483 e. The van der Waals surface area contributed by atoms with Crippen LogP contribution < -0.4 is 0 Å². The maximum Gasteiger partial charge on any atom is 0.290 e. The van der Waals surface area contributed by atoms with Crippen LogP contribution in [0.15, 0.2) is 49.2 Å². The molecule has 0 aliphatic rings. The summed E-state index contributed by atoms with van der Waals surface area (Å²) < 4.78 is 6.07. The molecule has 25 heavy (non-hydrogen) atoms. The summed E-state index contributed by atoms with van der Waals surface area (Å²) in [6, 6.07) is 5.97. The van der Waals surface area contributed by atoms with Crippen molar-refractivity contribution in [3.63, 3.8) is 0 Å². The molecule has 4 rings (SSSR count). The van der Waals surface area contributed by atoms with Gasteiger partial charge in [-0.25, -0.2) is 9.97 Å². The summed E-state index contributed by atoms with van der Waals surface area (Å²) in [6.07, 6.45) is 9.59. The minimum absolute atomic E-state index is 0.250. The average molecular weight is 338 g/mol. The van der Waals surface area contributed by atoms with Gasteiger partial charge in [0.2, 0.25) is 0 Å². The predicted molar refractivity (Wildman–Crippen MR) is 92.2 cm³/mol. The van der Waals surface area contributed by atoms with Gasteiger partial charge >= 0.3 is 0 Å². The molecule has 1 N–H and O–H groups in total. The first-order valence-electron chi connectivity index (χ1n) is 7.64. The zero-order chi connectivity index (χ0) is 17.8. The summed E-state index contributed by atoms with van der Waals surface area (Å²) in [4.78, 5) is 17.3. The van der Waals surface area contributed by atoms with Gasteiger partial charge in [-0.1, -0.05) is 6.07 Å². The molecular weight excluding hydrogens is 320 g/mol. The lowest BCUT2D eigenvalue weighted by atomic mass is 10.2. The van der Waals surface area contributed by atoms with Crippen molar-refractivity contribution in [3.05, 3.63) is 60.4 Å². The fourth-order valence-electron chi connectivity index (χ4n) is 2.65. The van der Waals surface area contributed by atoms with E-state index in [0.717, 1.165) is 29.4 Å². The molecule has 0 amide bonds. The monoisotopic (exact) mass is 338 g/mol. The topological polar surface area (TPSA) is 90.2 Å². The highest BCUT2D eigenvalue weighted by Gasteiger charge is 2.13. The molecule has 0 atom stereocenters. The Morgan fingerprint density at radius 3 is 2.72 bits per heavy atom. The Hall–Kier alpha value is -3.42. The number of aromatic nitrogens is 6. The van der Waals surface area contributed by atoms with E-state index in [1.54, 1.807) is 0 Å². The first-order chi connectivity index (χ1) is 12.2. The first kappa shape index (κ1) is 16.4. The van der Waals surface area contributed by atoms with Crippen molar-refractivity contribution in [2.24, 2.45) is 7.05 Å². The number of imidazole rings is 2. The van der Waals surface area contributed by atoms with Crippen molar-refractivity contribution in [3.8, 4) is 11.5 Å². The standard InChI is InChI=1S/C16H16N6.CH2O2/c1-12-13(9-19-20(12)2)11-21-8-6-17-16(21)14-10-18-15-5-3-4-7-22(14)15;2-1-3/h3-10H,11H2,1-2H3;1H,(H,2,3). The Morgan fingerprint density at radius 1 is 1.20 bits per heavy atom. The Labute approximate surface area is 144 Å². The zero-order valence-electron chi connectivity index (χ0n) is 13.9. The highest BCUT2D eigenvalue weighted by Crippen LogP contribution is 2.20. The summed E-state index contributed by atoms with van der Waals surface area (Å²) in [5.74, 6) is 0.905. The van der Waals surface area contributed by atoms with Crippen LogP contribution in [-0.4, -0.2) is 40.3 Å². The van der Waals surface area contributed by atoms with E-state index in [0.29, 0.717) is 0 Å². The minimum atomic E-state index is -0.250. The number of aryl methyl sites for hydroxylation is 1. The lowest BCUT2D eigenvalue weighted by Gasteiger charge is -2.07. The van der Waals surface area contributed by atoms with E-state index in [-0.39, 0.29) is 6.47 Å². The van der Waals surface area contributed by atoms with Crippen LogP contribution >= 0.6 is 0 Å². The van der Waals surface area contributed by atoms with E-state index in [9.17, 15) is 0 Å². The van der Waals surface area contributed by atoms with Crippen LogP contribution in [-0.2, 0) is 18.4 Å². The second kappa shape index (κ2) is 7.00. The van der Waals surface area contributed by atoms with E-state index in [4.69, 9.17) is 9.90 Å². The van der Waals surface area contributed by atoms with Crippen molar-refractivity contribution in [1.29, 1.82) is 0 Å². The molecule has 4 heterocycles. The molecule has 4 aromatic heterocycles. The van der Waals surface area contributed by atoms with Gasteiger partial charge in [0.15, 0.2) is 5.82 Å². The second-order valence-electron chi connectivity index (χ2n) is 5.44. The van der Waals surface area contributed by atoms with Crippen LogP contribution in [0.1, 0.15) is 11.3 Å². The molecular formula is C17H18N6O2. The number of hydrogen-bond acceptors (Lipinski definition) is 4. The van der Waals surface area contributed by atoms with Crippen molar-refractivity contribution < 1.29 is 9.90 Å². The minimum Gasteiger partial charge on any atom is -0.483 e. The molecule has 8 nitrogen and oxygen atoms in total. The van der Waals surface area contributed by atoms with Gasteiger partial charge in [-0.05, 0) is 19.1 Å². The zero-order valence-corrected chi connectivity index (χ0v) is 13.9. The van der Waals surface area contributed by atoms with Gasteiger partial charge in [0.25, 0.3) is 6.47 Å². The predicted octanol–water partition coefficient (Wildman–Crippen LogP) is 1.99. The quantitative estimate of drug-likeness (QED) is 0.577. The molecule has 4 aromatic rings. The number of nitrogens with zero attached hydrogens (tertiary/aromatic N) is 6. The fraction of sp³-hybridized carbons (Fsp3) is 0.176. The van der Waals surface area contributed by atoms with Gasteiger partial charge in [-0.2, -0.15) is 5.10 Å². The summed E-state index contributed by atoms with van der Waals surface area (Å²) in [5, 5.41) is 11.2. The van der Waals surface area contributed by atoms with Crippen molar-refractivity contribution >= 4 is 12.1 Å². The molecule has 0 fully saturated rings. The lowest BCUT2D eigenvalue weighted by Crippen LogP contribution is -2.04. The third kappa shape index (κ3) is 3.14. The average Bonchev–Trinajstić information content (AvgIpc) is 3.31. The molecule has 8 heteroatoms. The molecule has 0 spiro atoms. The van der Waals surface area contributed by atoms with Gasteiger partial charge in [-0.3, -0.25) is 13.9 Å². The normalized spacial score (nSPS) is 10.5. The highest BCUT2D eigenvalue weighted by atomic mass is 16.3. The van der Waals surface area contributed by atoms with Crippen molar-refractivity contribution in [2.45, 2.75) is 13.5 Å². The number of carboxylic acid groups (broad SMARTS) is 1. The molecule has 0 aromatic carbocycles. The third-order valence-corrected chi connectivity index (χ3v) is 4.04. The summed E-state index contributed by atoms with van der Waals surface area (Å²) in [6.45, 7) is 2.57. The number of carbonyl (C=O) groups is 1. The first-order valence-corrected chi connectivity index (χ1v) is 7.64. The number of fused-ring (bicyclic) bond motifs is 1. The molecule has 0 bridgehead atoms. The van der Waals surface area contributed by atoms with Crippen LogP contribution in [0.5, 0.6) is 0 Å². The van der Waals surface area contributed by atoms with Gasteiger partial charge in [0, 0.05) is 36.9 Å². The van der Waals surface area contributed by atoms with E-state index < -0.39 is 0 Å². The Balaban J connectivity index is 0.000000569. The van der Waals surface area contributed by atoms with Crippen LogP contribution in [0.2, 0.25) is 0 Å². The summed E-state index contributed by atoms with van der Waals surface area (Å²) in [7, 11) is 1.96. The third-order valence-electron chi connectivity index (χ3n) is 4.04. The molecule has 0 saturated carbocycles. The molecule has 0 saturated heterocycles. The molecule has 128 valence electrons.